The Morgan fingerprint density at radius 1 is 0.340 bits per heavy atom. The van der Waals surface area contributed by atoms with Crippen molar-refractivity contribution in [2.75, 3.05) is 5.73 Å². The van der Waals surface area contributed by atoms with E-state index in [1.54, 1.807) is 0 Å². The SMILES string of the molecule is Nc1cc(-c2c(-c3cccc(-c4ccccc4)c3)cccc2-c2cccc(-c3ccccc3)c2)c2c(c1)c1ccccc1n2-c1ccccc1. The Morgan fingerprint density at radius 2 is 0.820 bits per heavy atom. The van der Waals surface area contributed by atoms with Crippen LogP contribution in [0.25, 0.3) is 83.1 Å². The summed E-state index contributed by atoms with van der Waals surface area (Å²) in [6.07, 6.45) is 0. The lowest BCUT2D eigenvalue weighted by molar-refractivity contribution is 1.18. The lowest BCUT2D eigenvalue weighted by Crippen LogP contribution is -1.99. The molecule has 2 nitrogen and oxygen atoms in total. The van der Waals surface area contributed by atoms with Gasteiger partial charge in [0.2, 0.25) is 0 Å². The first-order chi connectivity index (χ1) is 24.7. The molecule has 50 heavy (non-hydrogen) atoms. The molecule has 0 aliphatic rings. The molecule has 8 aromatic carbocycles. The molecule has 2 heteroatoms. The zero-order chi connectivity index (χ0) is 33.4. The summed E-state index contributed by atoms with van der Waals surface area (Å²) in [6, 6.07) is 69.3. The summed E-state index contributed by atoms with van der Waals surface area (Å²) in [7, 11) is 0. The second-order valence-electron chi connectivity index (χ2n) is 12.8. The molecule has 0 spiro atoms. The number of nitrogen functional groups attached to an aromatic ring is 1. The summed E-state index contributed by atoms with van der Waals surface area (Å²) in [4.78, 5) is 0. The Balaban J connectivity index is 1.39. The van der Waals surface area contributed by atoms with Gasteiger partial charge in [0.15, 0.2) is 0 Å². The molecule has 0 amide bonds. The largest absolute Gasteiger partial charge is 0.399 e. The first-order valence-corrected chi connectivity index (χ1v) is 17.1. The quantitative estimate of drug-likeness (QED) is 0.181. The van der Waals surface area contributed by atoms with Crippen molar-refractivity contribution in [2.24, 2.45) is 0 Å². The highest BCUT2D eigenvalue weighted by molar-refractivity contribution is 6.17. The van der Waals surface area contributed by atoms with Gasteiger partial charge in [-0.1, -0.05) is 152 Å². The monoisotopic (exact) mass is 638 g/mol. The van der Waals surface area contributed by atoms with Crippen LogP contribution in [-0.2, 0) is 0 Å². The van der Waals surface area contributed by atoms with Crippen LogP contribution in [0, 0.1) is 0 Å². The van der Waals surface area contributed by atoms with Crippen molar-refractivity contribution in [1.29, 1.82) is 0 Å². The number of nitrogens with two attached hydrogens (primary N) is 1. The summed E-state index contributed by atoms with van der Waals surface area (Å²) in [5.41, 5.74) is 22.6. The van der Waals surface area contributed by atoms with E-state index in [2.05, 4.69) is 199 Å². The number of fused-ring (bicyclic) bond motifs is 3. The number of para-hydroxylation sites is 2. The van der Waals surface area contributed by atoms with Crippen molar-refractivity contribution in [3.05, 3.63) is 194 Å². The van der Waals surface area contributed by atoms with Crippen molar-refractivity contribution in [3.8, 4) is 61.3 Å². The smallest absolute Gasteiger partial charge is 0.0621 e. The molecule has 9 rings (SSSR count). The van der Waals surface area contributed by atoms with Crippen molar-refractivity contribution >= 4 is 27.5 Å². The van der Waals surface area contributed by atoms with E-state index in [-0.39, 0.29) is 0 Å². The normalized spacial score (nSPS) is 11.3. The number of hydrogen-bond acceptors (Lipinski definition) is 1. The number of hydrogen-bond donors (Lipinski definition) is 1. The lowest BCUT2D eigenvalue weighted by atomic mass is 9.85. The molecule has 0 unspecified atom stereocenters. The van der Waals surface area contributed by atoms with E-state index in [1.807, 2.05) is 0 Å². The molecule has 0 aliphatic carbocycles. The van der Waals surface area contributed by atoms with Gasteiger partial charge in [-0.05, 0) is 92.5 Å². The molecule has 2 N–H and O–H groups in total. The molecule has 0 atom stereocenters. The van der Waals surface area contributed by atoms with Crippen LogP contribution in [0.5, 0.6) is 0 Å². The zero-order valence-electron chi connectivity index (χ0n) is 27.5. The van der Waals surface area contributed by atoms with Crippen LogP contribution in [0.15, 0.2) is 194 Å². The average molecular weight is 639 g/mol. The third-order valence-corrected chi connectivity index (χ3v) is 9.70. The van der Waals surface area contributed by atoms with E-state index in [9.17, 15) is 0 Å². The highest BCUT2D eigenvalue weighted by atomic mass is 15.0. The average Bonchev–Trinajstić information content (AvgIpc) is 3.52. The fourth-order valence-corrected chi connectivity index (χ4v) is 7.47. The predicted molar refractivity (Wildman–Crippen MR) is 212 cm³/mol. The van der Waals surface area contributed by atoms with Gasteiger partial charge in [0, 0.05) is 27.7 Å². The first-order valence-electron chi connectivity index (χ1n) is 17.1. The van der Waals surface area contributed by atoms with E-state index in [0.717, 1.165) is 61.2 Å². The highest BCUT2D eigenvalue weighted by Crippen LogP contribution is 2.47. The maximum atomic E-state index is 6.87. The Hall–Kier alpha value is -6.64. The number of anilines is 1. The molecule has 1 heterocycles. The molecule has 0 radical (unpaired) electrons. The van der Waals surface area contributed by atoms with E-state index in [0.29, 0.717) is 0 Å². The van der Waals surface area contributed by atoms with Gasteiger partial charge in [-0.15, -0.1) is 0 Å². The Bertz CT molecular complexity index is 2530. The fourth-order valence-electron chi connectivity index (χ4n) is 7.47. The number of rotatable bonds is 6. The maximum Gasteiger partial charge on any atom is 0.0621 e. The molecule has 0 saturated heterocycles. The summed E-state index contributed by atoms with van der Waals surface area (Å²) in [6.45, 7) is 0. The van der Waals surface area contributed by atoms with E-state index >= 15 is 0 Å². The Labute approximate surface area is 292 Å². The van der Waals surface area contributed by atoms with Crippen LogP contribution in [0.3, 0.4) is 0 Å². The van der Waals surface area contributed by atoms with Gasteiger partial charge < -0.3 is 10.3 Å². The molecule has 0 saturated carbocycles. The van der Waals surface area contributed by atoms with Crippen LogP contribution in [-0.4, -0.2) is 4.57 Å². The molecule has 236 valence electrons. The Morgan fingerprint density at radius 3 is 1.42 bits per heavy atom. The number of benzene rings is 8. The van der Waals surface area contributed by atoms with Crippen molar-refractivity contribution < 1.29 is 0 Å². The van der Waals surface area contributed by atoms with E-state index in [1.165, 1.54) is 27.6 Å². The summed E-state index contributed by atoms with van der Waals surface area (Å²) >= 11 is 0. The van der Waals surface area contributed by atoms with Crippen molar-refractivity contribution in [3.63, 3.8) is 0 Å². The van der Waals surface area contributed by atoms with Crippen LogP contribution in [0.1, 0.15) is 0 Å². The van der Waals surface area contributed by atoms with Gasteiger partial charge in [0.25, 0.3) is 0 Å². The molecule has 9 aromatic rings. The van der Waals surface area contributed by atoms with Gasteiger partial charge >= 0.3 is 0 Å². The molecular weight excluding hydrogens is 605 g/mol. The molecule has 0 aliphatic heterocycles. The van der Waals surface area contributed by atoms with Crippen LogP contribution in [0.4, 0.5) is 5.69 Å². The second kappa shape index (κ2) is 12.4. The molecule has 0 bridgehead atoms. The van der Waals surface area contributed by atoms with Crippen LogP contribution < -0.4 is 5.73 Å². The minimum atomic E-state index is 0.736. The van der Waals surface area contributed by atoms with E-state index < -0.39 is 0 Å². The van der Waals surface area contributed by atoms with Crippen molar-refractivity contribution in [1.82, 2.24) is 4.57 Å². The maximum absolute atomic E-state index is 6.87. The second-order valence-corrected chi connectivity index (χ2v) is 12.8. The fraction of sp³-hybridized carbons (Fsp3) is 0. The Kier molecular flexibility index (Phi) is 7.33. The van der Waals surface area contributed by atoms with Gasteiger partial charge in [0.05, 0.1) is 11.0 Å². The summed E-state index contributed by atoms with van der Waals surface area (Å²) < 4.78 is 2.40. The van der Waals surface area contributed by atoms with Gasteiger partial charge in [0.1, 0.15) is 0 Å². The van der Waals surface area contributed by atoms with Crippen LogP contribution >= 0.6 is 0 Å². The molecule has 0 fully saturated rings. The number of aromatic nitrogens is 1. The van der Waals surface area contributed by atoms with Crippen LogP contribution in [0.2, 0.25) is 0 Å². The van der Waals surface area contributed by atoms with Gasteiger partial charge in [-0.3, -0.25) is 0 Å². The number of nitrogens with zero attached hydrogens (tertiary/aromatic N) is 1. The summed E-state index contributed by atoms with van der Waals surface area (Å²) in [5.74, 6) is 0. The minimum absolute atomic E-state index is 0.736. The van der Waals surface area contributed by atoms with Gasteiger partial charge in [-0.25, -0.2) is 0 Å². The third-order valence-electron chi connectivity index (χ3n) is 9.70. The zero-order valence-corrected chi connectivity index (χ0v) is 27.5. The predicted octanol–water partition coefficient (Wildman–Crippen LogP) is 12.7. The topological polar surface area (TPSA) is 30.9 Å². The molecule has 1 aromatic heterocycles. The van der Waals surface area contributed by atoms with E-state index in [4.69, 9.17) is 5.73 Å². The molecular formula is C48H34N2. The standard InChI is InChI=1S/C48H34N2/c49-39-31-44-43-25-10-11-28-46(43)50(40-23-8-3-9-24-40)48(44)45(32-39)47-41(37-21-12-19-35(29-37)33-15-4-1-5-16-33)26-14-27-42(47)38-22-13-20-36(30-38)34-17-6-2-7-18-34/h1-32H,49H2. The van der Waals surface area contributed by atoms with Crippen molar-refractivity contribution in [2.45, 2.75) is 0 Å². The third kappa shape index (κ3) is 5.15. The van der Waals surface area contributed by atoms with Gasteiger partial charge in [-0.2, -0.15) is 0 Å². The highest BCUT2D eigenvalue weighted by Gasteiger charge is 2.22. The minimum Gasteiger partial charge on any atom is -0.399 e. The first kappa shape index (κ1) is 29.5. The lowest BCUT2D eigenvalue weighted by Gasteiger charge is -2.20. The summed E-state index contributed by atoms with van der Waals surface area (Å²) in [5, 5.41) is 2.31.